The van der Waals surface area contributed by atoms with Crippen molar-refractivity contribution in [1.82, 2.24) is 9.88 Å². The van der Waals surface area contributed by atoms with Gasteiger partial charge in [0.15, 0.2) is 10.9 Å². The number of nitrogens with zero attached hydrogens (tertiary/aromatic N) is 3. The second kappa shape index (κ2) is 18.3. The van der Waals surface area contributed by atoms with Gasteiger partial charge in [-0.1, -0.05) is 57.3 Å². The predicted octanol–water partition coefficient (Wildman–Crippen LogP) is 4.77. The SMILES string of the molecule is COC1/C=C/OC2(C)Oc3c(C)c(O)c4c(O)c(c5sc(N6CCN(CCO)CC6)nc5c4c3C2=O)NC(=O)/C(C)=C\C=C\C(C)C(O)C(C)C(O)C(C)C(OC(C)=O)C1C. The Labute approximate surface area is 359 Å². The van der Waals surface area contributed by atoms with Crippen LogP contribution >= 0.6 is 11.3 Å². The number of methoxy groups -OCH3 is 1. The molecule has 4 heterocycles. The average Bonchev–Trinajstić information content (AvgIpc) is 3.79. The molecule has 61 heavy (non-hydrogen) atoms. The van der Waals surface area contributed by atoms with E-state index >= 15 is 0 Å². The molecule has 1 amide bonds. The maximum Gasteiger partial charge on any atom is 0.312 e. The molecule has 17 heteroatoms. The van der Waals surface area contributed by atoms with Gasteiger partial charge >= 0.3 is 11.8 Å². The molecule has 3 aliphatic rings. The van der Waals surface area contributed by atoms with E-state index in [0.717, 1.165) is 0 Å². The maximum atomic E-state index is 14.7. The molecule has 1 fully saturated rings. The van der Waals surface area contributed by atoms with E-state index in [9.17, 15) is 39.9 Å². The molecule has 0 aliphatic carbocycles. The number of aromatic nitrogens is 1. The van der Waals surface area contributed by atoms with Crippen LogP contribution in [0.4, 0.5) is 10.8 Å². The van der Waals surface area contributed by atoms with E-state index in [2.05, 4.69) is 15.1 Å². The number of thiazole rings is 1. The van der Waals surface area contributed by atoms with E-state index in [1.807, 2.05) is 0 Å². The summed E-state index contributed by atoms with van der Waals surface area (Å²) in [5.41, 5.74) is 0.665. The minimum Gasteiger partial charge on any atom is -0.507 e. The summed E-state index contributed by atoms with van der Waals surface area (Å²) in [4.78, 5) is 50.1. The number of phenols is 2. The fourth-order valence-corrected chi connectivity index (χ4v) is 9.68. The number of anilines is 2. The van der Waals surface area contributed by atoms with Gasteiger partial charge in [-0.3, -0.25) is 19.3 Å². The van der Waals surface area contributed by atoms with E-state index in [1.165, 1.54) is 38.6 Å². The van der Waals surface area contributed by atoms with Gasteiger partial charge in [-0.2, -0.15) is 0 Å². The number of carbonyl (C=O) groups excluding carboxylic acids is 3. The van der Waals surface area contributed by atoms with Crippen LogP contribution in [0.25, 0.3) is 21.0 Å². The van der Waals surface area contributed by atoms with Gasteiger partial charge in [0.25, 0.3) is 11.7 Å². The molecule has 3 aromatic rings. The molecule has 1 aromatic heterocycles. The number of aliphatic hydroxyl groups is 3. The molecule has 0 spiro atoms. The van der Waals surface area contributed by atoms with Gasteiger partial charge in [0.05, 0.1) is 52.3 Å². The van der Waals surface area contributed by atoms with Crippen molar-refractivity contribution in [2.75, 3.05) is 56.7 Å². The average molecular weight is 867 g/mol. The Bertz CT molecular complexity index is 2270. The number of aromatic hydroxyl groups is 2. The number of rotatable bonds is 5. The quantitative estimate of drug-likeness (QED) is 0.150. The highest BCUT2D eigenvalue weighted by Gasteiger charge is 2.50. The van der Waals surface area contributed by atoms with Gasteiger partial charge in [0.2, 0.25) is 0 Å². The van der Waals surface area contributed by atoms with Crippen molar-refractivity contribution < 1.29 is 58.9 Å². The molecule has 6 rings (SSSR count). The third kappa shape index (κ3) is 8.68. The lowest BCUT2D eigenvalue weighted by Gasteiger charge is -2.38. The molecule has 16 nitrogen and oxygen atoms in total. The Morgan fingerprint density at radius 2 is 1.69 bits per heavy atom. The normalized spacial score (nSPS) is 31.4. The van der Waals surface area contributed by atoms with Crippen molar-refractivity contribution in [2.45, 2.75) is 85.6 Å². The number of benzene rings is 2. The second-order valence-corrected chi connectivity index (χ2v) is 17.6. The van der Waals surface area contributed by atoms with E-state index in [0.29, 0.717) is 42.6 Å². The van der Waals surface area contributed by atoms with Crippen molar-refractivity contribution in [3.8, 4) is 17.2 Å². The number of allylic oxidation sites excluding steroid dienone is 2. The maximum absolute atomic E-state index is 14.7. The Balaban J connectivity index is 1.53. The van der Waals surface area contributed by atoms with Crippen LogP contribution in [0.1, 0.15) is 64.4 Å². The highest BCUT2D eigenvalue weighted by atomic mass is 32.1. The zero-order valence-electron chi connectivity index (χ0n) is 36.1. The number of amides is 1. The number of β-amino-alcohol motifs (C(OH)–C–C–N with tert-alkyl or cyclic N) is 1. The molecule has 2 aromatic carbocycles. The van der Waals surface area contributed by atoms with E-state index < -0.39 is 77.3 Å². The summed E-state index contributed by atoms with van der Waals surface area (Å²) in [6.45, 7) is 15.9. The highest BCUT2D eigenvalue weighted by Crippen LogP contribution is 2.55. The van der Waals surface area contributed by atoms with E-state index in [4.69, 9.17) is 23.9 Å². The number of ether oxygens (including phenoxy) is 4. The van der Waals surface area contributed by atoms with Crippen molar-refractivity contribution in [3.05, 3.63) is 47.3 Å². The Morgan fingerprint density at radius 1 is 1.00 bits per heavy atom. The smallest absolute Gasteiger partial charge is 0.312 e. The number of fused-ring (bicyclic) bond motifs is 1. The molecule has 3 aliphatic heterocycles. The lowest BCUT2D eigenvalue weighted by Crippen LogP contribution is -2.47. The number of phenolic OH excluding ortho intramolecular Hbond substituents is 2. The van der Waals surface area contributed by atoms with Crippen LogP contribution in [-0.2, 0) is 23.8 Å². The number of esters is 1. The fraction of sp³-hybridized carbons (Fsp3) is 0.545. The first-order chi connectivity index (χ1) is 28.8. The van der Waals surface area contributed by atoms with Crippen LogP contribution in [0.3, 0.4) is 0 Å². The number of piperazine rings is 1. The summed E-state index contributed by atoms with van der Waals surface area (Å²) in [5.74, 6) is -6.95. The van der Waals surface area contributed by atoms with Crippen molar-refractivity contribution >= 4 is 60.8 Å². The van der Waals surface area contributed by atoms with Crippen LogP contribution in [0.15, 0.2) is 36.1 Å². The number of carbonyl (C=O) groups is 3. The molecule has 332 valence electrons. The third-order valence-corrected chi connectivity index (χ3v) is 13.5. The summed E-state index contributed by atoms with van der Waals surface area (Å²) in [7, 11) is 1.46. The largest absolute Gasteiger partial charge is 0.507 e. The Kier molecular flexibility index (Phi) is 13.7. The first-order valence-electron chi connectivity index (χ1n) is 20.6. The van der Waals surface area contributed by atoms with Crippen LogP contribution in [0.2, 0.25) is 0 Å². The third-order valence-electron chi connectivity index (χ3n) is 12.4. The summed E-state index contributed by atoms with van der Waals surface area (Å²) in [5, 5.41) is 59.7. The molecular formula is C44H58N4O12S. The Hall–Kier alpha value is -4.78. The zero-order valence-corrected chi connectivity index (χ0v) is 36.9. The van der Waals surface area contributed by atoms with Crippen molar-refractivity contribution in [2.24, 2.45) is 23.7 Å². The number of Topliss-reactive ketones (excluding diaryl/α,β-unsaturated/α-hetero) is 1. The molecule has 0 radical (unpaired) electrons. The van der Waals surface area contributed by atoms with E-state index in [1.54, 1.807) is 65.8 Å². The summed E-state index contributed by atoms with van der Waals surface area (Å²) < 4.78 is 24.3. The van der Waals surface area contributed by atoms with Crippen molar-refractivity contribution in [3.63, 3.8) is 0 Å². The first-order valence-corrected chi connectivity index (χ1v) is 21.4. The molecular weight excluding hydrogens is 809 g/mol. The molecule has 4 bridgehead atoms. The molecule has 6 N–H and O–H groups in total. The Morgan fingerprint density at radius 3 is 2.33 bits per heavy atom. The van der Waals surface area contributed by atoms with E-state index in [-0.39, 0.29) is 56.8 Å². The topological polar surface area (TPSA) is 221 Å². The lowest BCUT2D eigenvalue weighted by atomic mass is 9.78. The molecule has 9 unspecified atom stereocenters. The lowest BCUT2D eigenvalue weighted by molar-refractivity contribution is -0.160. The summed E-state index contributed by atoms with van der Waals surface area (Å²) >= 11 is 1.21. The first kappa shape index (κ1) is 45.7. The van der Waals surface area contributed by atoms with Gasteiger partial charge < -0.3 is 54.7 Å². The van der Waals surface area contributed by atoms with Crippen molar-refractivity contribution in [1.29, 1.82) is 0 Å². The molecule has 1 saturated heterocycles. The summed E-state index contributed by atoms with van der Waals surface area (Å²) in [6.07, 6.45) is 3.89. The minimum absolute atomic E-state index is 0.00295. The highest BCUT2D eigenvalue weighted by molar-refractivity contribution is 7.23. The van der Waals surface area contributed by atoms with Gasteiger partial charge in [-0.15, -0.1) is 0 Å². The molecule has 0 saturated carbocycles. The van der Waals surface area contributed by atoms with Crippen LogP contribution < -0.4 is 15.0 Å². The number of aliphatic hydroxyl groups excluding tert-OH is 3. The minimum atomic E-state index is -1.97. The predicted molar refractivity (Wildman–Crippen MR) is 231 cm³/mol. The van der Waals surface area contributed by atoms with Crippen LogP contribution in [-0.4, -0.2) is 130 Å². The number of hydrogen-bond acceptors (Lipinski definition) is 16. The monoisotopic (exact) mass is 866 g/mol. The summed E-state index contributed by atoms with van der Waals surface area (Å²) in [6, 6.07) is 0. The molecule has 9 atom stereocenters. The number of hydrogen-bond donors (Lipinski definition) is 6. The number of nitrogens with one attached hydrogen (secondary N) is 1. The van der Waals surface area contributed by atoms with Gasteiger partial charge in [0, 0.05) is 93.9 Å². The van der Waals surface area contributed by atoms with Gasteiger partial charge in [-0.05, 0) is 19.9 Å². The van der Waals surface area contributed by atoms with Crippen LogP contribution in [0.5, 0.6) is 17.2 Å². The zero-order chi connectivity index (χ0) is 44.7. The standard InChI is InChI=1S/C44H58N4O12S/c1-21-11-10-12-22(2)42(56)45-33-37(54)30-29(32-40(33)61-43(46-32)48-16-14-47(15-17-48)18-19-49)31-39(26(6)36(30)53)60-44(8,41(31)55)58-20-13-28(57-9)23(3)38(59-27(7)50)25(5)35(52)24(4)34(21)51/h10-13,20-21,23-25,28,34-35,38,49,51-54H,14-19H2,1-9H3,(H,45,56)/b11-10+,20-13+,22-12-. The fourth-order valence-electron chi connectivity index (χ4n) is 8.55. The number of ketones is 1. The van der Waals surface area contributed by atoms with Crippen LogP contribution in [0, 0.1) is 30.6 Å². The second-order valence-electron chi connectivity index (χ2n) is 16.6. The van der Waals surface area contributed by atoms with Gasteiger partial charge in [-0.25, -0.2) is 4.98 Å². The van der Waals surface area contributed by atoms with Gasteiger partial charge in [0.1, 0.15) is 23.3 Å².